The maximum Gasteiger partial charge on any atom is 0.353 e. The van der Waals surface area contributed by atoms with Crippen molar-refractivity contribution in [1.29, 1.82) is 5.26 Å². The molecule has 0 radical (unpaired) electrons. The van der Waals surface area contributed by atoms with Crippen molar-refractivity contribution >= 4 is 17.3 Å². The molecule has 0 unspecified atom stereocenters. The van der Waals surface area contributed by atoms with Crippen LogP contribution in [-0.4, -0.2) is 18.8 Å². The Hall–Kier alpha value is -4.62. The summed E-state index contributed by atoms with van der Waals surface area (Å²) in [5, 5.41) is 9.53. The normalized spacial score (nSPS) is 11.3. The van der Waals surface area contributed by atoms with E-state index in [0.29, 0.717) is 16.5 Å². The average Bonchev–Trinajstić information content (AvgIpc) is 2.86. The number of ether oxygens (including phenoxy) is 1. The van der Waals surface area contributed by atoms with E-state index >= 15 is 0 Å². The zero-order valence-corrected chi connectivity index (χ0v) is 18.7. The Labute approximate surface area is 198 Å². The van der Waals surface area contributed by atoms with Crippen LogP contribution in [0.3, 0.4) is 0 Å². The van der Waals surface area contributed by atoms with Gasteiger partial charge in [-0.15, -0.1) is 0 Å². The SMILES string of the molecule is Cn1c(=O)n(N)/c(=N\c2ccc(Oc3cccc(C#N)n3)cc2)n(Cc2ccc(Cl)cc2)c1=O. The van der Waals surface area contributed by atoms with E-state index in [9.17, 15) is 9.59 Å². The van der Waals surface area contributed by atoms with E-state index in [1.54, 1.807) is 66.7 Å². The van der Waals surface area contributed by atoms with E-state index < -0.39 is 11.4 Å². The van der Waals surface area contributed by atoms with Gasteiger partial charge in [-0.1, -0.05) is 29.8 Å². The van der Waals surface area contributed by atoms with Gasteiger partial charge in [0.1, 0.15) is 17.5 Å². The molecule has 2 N–H and O–H groups in total. The maximum atomic E-state index is 12.9. The highest BCUT2D eigenvalue weighted by atomic mass is 35.5. The third-order valence-corrected chi connectivity index (χ3v) is 5.10. The van der Waals surface area contributed by atoms with Crippen molar-refractivity contribution in [1.82, 2.24) is 18.8 Å². The summed E-state index contributed by atoms with van der Waals surface area (Å²) in [6.07, 6.45) is 0. The number of nitrogen functional groups attached to an aromatic ring is 1. The second-order valence-electron chi connectivity index (χ2n) is 7.19. The van der Waals surface area contributed by atoms with Crippen molar-refractivity contribution in [3.05, 3.63) is 110 Å². The van der Waals surface area contributed by atoms with Crippen LogP contribution in [0, 0.1) is 11.3 Å². The summed E-state index contributed by atoms with van der Waals surface area (Å²) in [5.41, 5.74) is 0.143. The highest BCUT2D eigenvalue weighted by Crippen LogP contribution is 2.22. The lowest BCUT2D eigenvalue weighted by atomic mass is 10.2. The summed E-state index contributed by atoms with van der Waals surface area (Å²) >= 11 is 5.95. The number of nitriles is 1. The van der Waals surface area contributed by atoms with Crippen LogP contribution >= 0.6 is 11.6 Å². The number of nitrogens with zero attached hydrogens (tertiary/aromatic N) is 6. The molecule has 0 fully saturated rings. The third-order valence-electron chi connectivity index (χ3n) is 4.85. The first-order chi connectivity index (χ1) is 16.4. The lowest BCUT2D eigenvalue weighted by Crippen LogP contribution is -2.56. The molecule has 0 amide bonds. The molecule has 0 aliphatic heterocycles. The molecule has 0 saturated heterocycles. The summed E-state index contributed by atoms with van der Waals surface area (Å²) < 4.78 is 8.69. The molecule has 0 aliphatic carbocycles. The van der Waals surface area contributed by atoms with E-state index in [1.807, 2.05) is 6.07 Å². The van der Waals surface area contributed by atoms with Gasteiger partial charge < -0.3 is 10.6 Å². The lowest BCUT2D eigenvalue weighted by Gasteiger charge is -2.12. The molecule has 0 saturated carbocycles. The minimum absolute atomic E-state index is 0.0277. The number of rotatable bonds is 5. The second-order valence-corrected chi connectivity index (χ2v) is 7.62. The standard InChI is InChI=1S/C23H18ClN7O3/c1-29-22(32)30(14-15-5-7-16(24)8-6-15)21(31(26)23(29)33)28-17-9-11-19(12-10-17)34-20-4-2-3-18(13-25)27-20/h2-12H,14,26H2,1H3/b28-21-. The molecule has 10 nitrogen and oxygen atoms in total. The highest BCUT2D eigenvalue weighted by Gasteiger charge is 2.11. The summed E-state index contributed by atoms with van der Waals surface area (Å²) in [6, 6.07) is 20.3. The molecule has 11 heteroatoms. The predicted octanol–water partition coefficient (Wildman–Crippen LogP) is 2.06. The lowest BCUT2D eigenvalue weighted by molar-refractivity contribution is 0.462. The number of hydrogen-bond donors (Lipinski definition) is 1. The van der Waals surface area contributed by atoms with Crippen LogP contribution < -0.4 is 27.6 Å². The van der Waals surface area contributed by atoms with Gasteiger partial charge in [0.2, 0.25) is 11.5 Å². The fourth-order valence-corrected chi connectivity index (χ4v) is 3.24. The maximum absolute atomic E-state index is 12.9. The van der Waals surface area contributed by atoms with Gasteiger partial charge >= 0.3 is 11.4 Å². The summed E-state index contributed by atoms with van der Waals surface area (Å²) in [7, 11) is 1.34. The number of nitrogens with two attached hydrogens (primary N) is 1. The predicted molar refractivity (Wildman–Crippen MR) is 125 cm³/mol. The first-order valence-corrected chi connectivity index (χ1v) is 10.4. The largest absolute Gasteiger partial charge is 0.439 e. The van der Waals surface area contributed by atoms with Gasteiger partial charge in [-0.2, -0.15) is 9.94 Å². The van der Waals surface area contributed by atoms with Gasteiger partial charge in [0.25, 0.3) is 0 Å². The van der Waals surface area contributed by atoms with Gasteiger partial charge in [-0.05, 0) is 48.0 Å². The number of aromatic nitrogens is 4. The van der Waals surface area contributed by atoms with Crippen LogP contribution in [0.15, 0.2) is 81.3 Å². The van der Waals surface area contributed by atoms with Gasteiger partial charge in [0.15, 0.2) is 0 Å². The van der Waals surface area contributed by atoms with Gasteiger partial charge in [-0.3, -0.25) is 4.57 Å². The Morgan fingerprint density at radius 3 is 2.44 bits per heavy atom. The first kappa shape index (κ1) is 22.6. The van der Waals surface area contributed by atoms with E-state index in [4.69, 9.17) is 27.4 Å². The molecule has 34 heavy (non-hydrogen) atoms. The summed E-state index contributed by atoms with van der Waals surface area (Å²) in [4.78, 5) is 33.8. The molecule has 2 aromatic carbocycles. The molecule has 0 spiro atoms. The summed E-state index contributed by atoms with van der Waals surface area (Å²) in [5.74, 6) is 6.72. The van der Waals surface area contributed by atoms with Crippen LogP contribution in [-0.2, 0) is 13.6 Å². The minimum atomic E-state index is -0.709. The average molecular weight is 476 g/mol. The minimum Gasteiger partial charge on any atom is -0.439 e. The Morgan fingerprint density at radius 1 is 1.06 bits per heavy atom. The van der Waals surface area contributed by atoms with Crippen LogP contribution in [0.4, 0.5) is 5.69 Å². The molecule has 4 rings (SSSR count). The number of benzene rings is 2. The topological polar surface area (TPSA) is 133 Å². The van der Waals surface area contributed by atoms with Crippen molar-refractivity contribution in [3.63, 3.8) is 0 Å². The highest BCUT2D eigenvalue weighted by molar-refractivity contribution is 6.30. The zero-order chi connectivity index (χ0) is 24.2. The summed E-state index contributed by atoms with van der Waals surface area (Å²) in [6.45, 7) is 0.127. The van der Waals surface area contributed by atoms with E-state index in [-0.39, 0.29) is 23.7 Å². The second kappa shape index (κ2) is 9.48. The van der Waals surface area contributed by atoms with Crippen LogP contribution in [0.2, 0.25) is 5.02 Å². The first-order valence-electron chi connectivity index (χ1n) is 9.98. The fourth-order valence-electron chi connectivity index (χ4n) is 3.11. The zero-order valence-electron chi connectivity index (χ0n) is 17.9. The van der Waals surface area contributed by atoms with Crippen molar-refractivity contribution in [2.24, 2.45) is 12.0 Å². The molecule has 4 aromatic rings. The van der Waals surface area contributed by atoms with Gasteiger partial charge in [0, 0.05) is 18.1 Å². The fraction of sp³-hybridized carbons (Fsp3) is 0.0870. The third kappa shape index (κ3) is 4.74. The van der Waals surface area contributed by atoms with Crippen LogP contribution in [0.5, 0.6) is 11.6 Å². The monoisotopic (exact) mass is 475 g/mol. The molecule has 0 aliphatic rings. The van der Waals surface area contributed by atoms with Gasteiger partial charge in [-0.25, -0.2) is 24.1 Å². The van der Waals surface area contributed by atoms with E-state index in [1.165, 1.54) is 11.6 Å². The van der Waals surface area contributed by atoms with Crippen molar-refractivity contribution in [3.8, 4) is 17.7 Å². The van der Waals surface area contributed by atoms with E-state index in [2.05, 4.69) is 9.98 Å². The number of halogens is 1. The number of hydrogen-bond acceptors (Lipinski definition) is 7. The Kier molecular flexibility index (Phi) is 6.29. The molecule has 0 bridgehead atoms. The van der Waals surface area contributed by atoms with Crippen molar-refractivity contribution in [2.75, 3.05) is 5.84 Å². The number of pyridine rings is 1. The molecule has 0 atom stereocenters. The Morgan fingerprint density at radius 2 is 1.76 bits per heavy atom. The molecule has 170 valence electrons. The smallest absolute Gasteiger partial charge is 0.353 e. The van der Waals surface area contributed by atoms with Crippen molar-refractivity contribution < 1.29 is 4.74 Å². The molecule has 2 heterocycles. The van der Waals surface area contributed by atoms with Crippen LogP contribution in [0.1, 0.15) is 11.3 Å². The Bertz CT molecular complexity index is 1580. The van der Waals surface area contributed by atoms with Gasteiger partial charge in [0.05, 0.1) is 12.2 Å². The molecular weight excluding hydrogens is 458 g/mol. The van der Waals surface area contributed by atoms with E-state index in [0.717, 1.165) is 14.8 Å². The Balaban J connectivity index is 1.73. The molecule has 2 aromatic heterocycles. The quantitative estimate of drug-likeness (QED) is 0.439. The molecular formula is C23H18ClN7O3. The van der Waals surface area contributed by atoms with Crippen LogP contribution in [0.25, 0.3) is 0 Å². The van der Waals surface area contributed by atoms with Crippen molar-refractivity contribution in [2.45, 2.75) is 6.54 Å².